The fraction of sp³-hybridized carbons (Fsp3) is 1.00. The van der Waals surface area contributed by atoms with Gasteiger partial charge in [0.2, 0.25) is 0 Å². The first-order valence-corrected chi connectivity index (χ1v) is 6.60. The van der Waals surface area contributed by atoms with Gasteiger partial charge in [0, 0.05) is 5.92 Å². The molecule has 0 bridgehead atoms. The molecule has 2 heterocycles. The second kappa shape index (κ2) is 4.22. The molecule has 0 saturated carbocycles. The van der Waals surface area contributed by atoms with E-state index in [-0.39, 0.29) is 0 Å². The third-order valence-corrected chi connectivity index (χ3v) is 4.91. The second-order valence-electron chi connectivity index (χ2n) is 5.66. The lowest BCUT2D eigenvalue weighted by atomic mass is 9.94. The smallest absolute Gasteiger partial charge is 0.0887 e. The highest BCUT2D eigenvalue weighted by atomic mass is 15.4. The SMILES string of the molecule is CC1CCCC[N+]2(CCCCC2)C1C. The Labute approximate surface area is 89.1 Å². The van der Waals surface area contributed by atoms with Gasteiger partial charge in [-0.25, -0.2) is 0 Å². The maximum atomic E-state index is 2.52. The molecule has 2 saturated heterocycles. The summed E-state index contributed by atoms with van der Waals surface area (Å²) in [6, 6.07) is 0.929. The molecule has 1 nitrogen and oxygen atoms in total. The second-order valence-corrected chi connectivity index (χ2v) is 5.66. The van der Waals surface area contributed by atoms with E-state index in [0.717, 1.165) is 12.0 Å². The van der Waals surface area contributed by atoms with Crippen LogP contribution < -0.4 is 0 Å². The molecule has 0 amide bonds. The summed E-state index contributed by atoms with van der Waals surface area (Å²) >= 11 is 0. The van der Waals surface area contributed by atoms with E-state index in [0.29, 0.717) is 0 Å². The van der Waals surface area contributed by atoms with Crippen LogP contribution in [0.4, 0.5) is 0 Å². The van der Waals surface area contributed by atoms with Crippen molar-refractivity contribution in [1.82, 2.24) is 0 Å². The van der Waals surface area contributed by atoms with Crippen LogP contribution in [0.2, 0.25) is 0 Å². The van der Waals surface area contributed by atoms with Gasteiger partial charge in [0.25, 0.3) is 0 Å². The molecule has 0 aromatic carbocycles. The van der Waals surface area contributed by atoms with Crippen LogP contribution >= 0.6 is 0 Å². The number of rotatable bonds is 0. The minimum absolute atomic E-state index is 0.929. The lowest BCUT2D eigenvalue weighted by molar-refractivity contribution is -0.955. The van der Waals surface area contributed by atoms with Crippen LogP contribution in [0.15, 0.2) is 0 Å². The standard InChI is InChI=1S/C13H26N/c1-12-8-4-7-11-14(13(12)2)9-5-3-6-10-14/h12-13H,3-11H2,1-2H3/q+1. The minimum Gasteiger partial charge on any atom is -0.321 e. The van der Waals surface area contributed by atoms with Crippen LogP contribution in [-0.2, 0) is 0 Å². The topological polar surface area (TPSA) is 0 Å². The average Bonchev–Trinajstić information content (AvgIpc) is 2.35. The Morgan fingerprint density at radius 3 is 2.00 bits per heavy atom. The van der Waals surface area contributed by atoms with Crippen LogP contribution in [0, 0.1) is 5.92 Å². The van der Waals surface area contributed by atoms with Crippen molar-refractivity contribution in [2.24, 2.45) is 5.92 Å². The molecule has 2 unspecified atom stereocenters. The zero-order valence-electron chi connectivity index (χ0n) is 9.97. The highest BCUT2D eigenvalue weighted by molar-refractivity contribution is 4.70. The summed E-state index contributed by atoms with van der Waals surface area (Å²) in [5.74, 6) is 0.954. The van der Waals surface area contributed by atoms with Crippen molar-refractivity contribution < 1.29 is 4.48 Å². The van der Waals surface area contributed by atoms with E-state index in [9.17, 15) is 0 Å². The first kappa shape index (κ1) is 10.5. The number of nitrogens with zero attached hydrogens (tertiary/aromatic N) is 1. The van der Waals surface area contributed by atoms with Gasteiger partial charge in [-0.2, -0.15) is 0 Å². The first-order valence-electron chi connectivity index (χ1n) is 6.60. The highest BCUT2D eigenvalue weighted by Crippen LogP contribution is 2.32. The summed E-state index contributed by atoms with van der Waals surface area (Å²) in [4.78, 5) is 0. The summed E-state index contributed by atoms with van der Waals surface area (Å²) in [6.45, 7) is 9.43. The zero-order valence-corrected chi connectivity index (χ0v) is 9.97. The van der Waals surface area contributed by atoms with E-state index < -0.39 is 0 Å². The van der Waals surface area contributed by atoms with Crippen molar-refractivity contribution in [1.29, 1.82) is 0 Å². The molecule has 2 rings (SSSR count). The molecule has 2 fully saturated rings. The molecule has 0 N–H and O–H groups in total. The molecule has 2 atom stereocenters. The molecule has 82 valence electrons. The Morgan fingerprint density at radius 1 is 0.786 bits per heavy atom. The first-order chi connectivity index (χ1) is 6.75. The number of piperidine rings is 1. The van der Waals surface area contributed by atoms with E-state index in [4.69, 9.17) is 0 Å². The van der Waals surface area contributed by atoms with Crippen LogP contribution in [0.3, 0.4) is 0 Å². The molecule has 2 aliphatic heterocycles. The number of hydrogen-bond acceptors (Lipinski definition) is 0. The van der Waals surface area contributed by atoms with Crippen molar-refractivity contribution in [3.63, 3.8) is 0 Å². The summed E-state index contributed by atoms with van der Waals surface area (Å²) < 4.78 is 1.47. The lowest BCUT2D eigenvalue weighted by Gasteiger charge is -2.47. The molecule has 0 aromatic heterocycles. The van der Waals surface area contributed by atoms with Gasteiger partial charge in [0.1, 0.15) is 0 Å². The van der Waals surface area contributed by atoms with Gasteiger partial charge in [-0.05, 0) is 45.4 Å². The lowest BCUT2D eigenvalue weighted by Crippen LogP contribution is -2.58. The maximum Gasteiger partial charge on any atom is 0.0887 e. The van der Waals surface area contributed by atoms with E-state index in [1.54, 1.807) is 0 Å². The summed E-state index contributed by atoms with van der Waals surface area (Å²) in [7, 11) is 0. The van der Waals surface area contributed by atoms with E-state index in [1.165, 1.54) is 62.6 Å². The van der Waals surface area contributed by atoms with E-state index in [2.05, 4.69) is 13.8 Å². The molecular formula is C13H26N+. The predicted octanol–water partition coefficient (Wildman–Crippen LogP) is 3.20. The molecule has 1 heteroatoms. The zero-order chi connectivity index (χ0) is 10.0. The minimum atomic E-state index is 0.929. The fourth-order valence-electron chi connectivity index (χ4n) is 3.65. The molecule has 0 radical (unpaired) electrons. The van der Waals surface area contributed by atoms with Crippen LogP contribution in [-0.4, -0.2) is 30.2 Å². The van der Waals surface area contributed by atoms with Gasteiger partial charge >= 0.3 is 0 Å². The predicted molar refractivity (Wildman–Crippen MR) is 61.2 cm³/mol. The Morgan fingerprint density at radius 2 is 1.36 bits per heavy atom. The van der Waals surface area contributed by atoms with E-state index >= 15 is 0 Å². The van der Waals surface area contributed by atoms with Gasteiger partial charge in [-0.15, -0.1) is 0 Å². The van der Waals surface area contributed by atoms with E-state index in [1.807, 2.05) is 0 Å². The van der Waals surface area contributed by atoms with Crippen molar-refractivity contribution >= 4 is 0 Å². The molecule has 1 spiro atoms. The van der Waals surface area contributed by atoms with Gasteiger partial charge in [-0.3, -0.25) is 0 Å². The fourth-order valence-corrected chi connectivity index (χ4v) is 3.65. The number of quaternary nitrogens is 1. The van der Waals surface area contributed by atoms with Gasteiger partial charge in [-0.1, -0.05) is 6.92 Å². The summed E-state index contributed by atoms with van der Waals surface area (Å²) in [5.41, 5.74) is 0. The van der Waals surface area contributed by atoms with Crippen molar-refractivity contribution in [2.45, 2.75) is 58.4 Å². The molecular weight excluding hydrogens is 170 g/mol. The normalized spacial score (nSPS) is 38.1. The maximum absolute atomic E-state index is 2.52. The Bertz CT molecular complexity index is 182. The van der Waals surface area contributed by atoms with Crippen LogP contribution in [0.1, 0.15) is 52.4 Å². The Balaban J connectivity index is 2.12. The molecule has 2 aliphatic rings. The van der Waals surface area contributed by atoms with Gasteiger partial charge in [0.15, 0.2) is 0 Å². The van der Waals surface area contributed by atoms with Crippen LogP contribution in [0.25, 0.3) is 0 Å². The largest absolute Gasteiger partial charge is 0.321 e. The molecule has 0 aliphatic carbocycles. The highest BCUT2D eigenvalue weighted by Gasteiger charge is 2.39. The quantitative estimate of drug-likeness (QED) is 0.522. The molecule has 0 aromatic rings. The molecule has 14 heavy (non-hydrogen) atoms. The monoisotopic (exact) mass is 196 g/mol. The van der Waals surface area contributed by atoms with Gasteiger partial charge < -0.3 is 4.48 Å². The van der Waals surface area contributed by atoms with Crippen molar-refractivity contribution in [3.8, 4) is 0 Å². The number of hydrogen-bond donors (Lipinski definition) is 0. The third kappa shape index (κ3) is 1.84. The summed E-state index contributed by atoms with van der Waals surface area (Å²) in [5, 5.41) is 0. The van der Waals surface area contributed by atoms with Gasteiger partial charge in [0.05, 0.1) is 25.7 Å². The Hall–Kier alpha value is -0.0400. The van der Waals surface area contributed by atoms with Crippen LogP contribution in [0.5, 0.6) is 0 Å². The Kier molecular flexibility index (Phi) is 3.16. The summed E-state index contributed by atoms with van der Waals surface area (Å²) in [6.07, 6.45) is 8.89. The van der Waals surface area contributed by atoms with Crippen molar-refractivity contribution in [2.75, 3.05) is 19.6 Å². The van der Waals surface area contributed by atoms with Crippen molar-refractivity contribution in [3.05, 3.63) is 0 Å². The third-order valence-electron chi connectivity index (χ3n) is 4.91. The average molecular weight is 196 g/mol.